The lowest BCUT2D eigenvalue weighted by atomic mass is 10.1. The van der Waals surface area contributed by atoms with E-state index in [1.807, 2.05) is 6.33 Å². The zero-order valence-corrected chi connectivity index (χ0v) is 14.5. The first-order chi connectivity index (χ1) is 10.7. The second kappa shape index (κ2) is 7.11. The quantitative estimate of drug-likeness (QED) is 0.624. The maximum absolute atomic E-state index is 4.26. The molecule has 3 nitrogen and oxygen atoms in total. The molecule has 0 aliphatic rings. The van der Waals surface area contributed by atoms with E-state index in [-0.39, 0.29) is 0 Å². The summed E-state index contributed by atoms with van der Waals surface area (Å²) in [6, 6.07) is 11.0. The van der Waals surface area contributed by atoms with Crippen molar-refractivity contribution in [3.05, 3.63) is 63.6 Å². The van der Waals surface area contributed by atoms with Gasteiger partial charge in [-0.3, -0.25) is 0 Å². The van der Waals surface area contributed by atoms with Gasteiger partial charge >= 0.3 is 0 Å². The number of rotatable bonds is 6. The smallest absolute Gasteiger partial charge is 0.191 e. The van der Waals surface area contributed by atoms with Crippen molar-refractivity contribution in [2.45, 2.75) is 37.7 Å². The average molecular weight is 329 g/mol. The minimum atomic E-state index is 0.931. The van der Waals surface area contributed by atoms with Gasteiger partial charge in [0.1, 0.15) is 6.33 Å². The molecule has 5 heteroatoms. The highest BCUT2D eigenvalue weighted by molar-refractivity contribution is 7.98. The Labute approximate surface area is 139 Å². The van der Waals surface area contributed by atoms with Crippen LogP contribution >= 0.6 is 23.1 Å². The topological polar surface area (TPSA) is 30.7 Å². The van der Waals surface area contributed by atoms with Crippen LogP contribution < -0.4 is 0 Å². The van der Waals surface area contributed by atoms with Crippen LogP contribution in [0, 0.1) is 13.8 Å². The fourth-order valence-electron chi connectivity index (χ4n) is 2.50. The second-order valence-corrected chi connectivity index (χ2v) is 7.40. The molecule has 1 aromatic carbocycles. The third-order valence-corrected chi connectivity index (χ3v) is 5.40. The van der Waals surface area contributed by atoms with E-state index in [1.54, 1.807) is 23.1 Å². The Hall–Kier alpha value is -1.59. The van der Waals surface area contributed by atoms with Crippen molar-refractivity contribution in [2.75, 3.05) is 0 Å². The van der Waals surface area contributed by atoms with E-state index in [0.29, 0.717) is 0 Å². The molecule has 0 atom stereocenters. The van der Waals surface area contributed by atoms with Crippen LogP contribution in [0.25, 0.3) is 0 Å². The molecule has 0 fully saturated rings. The minimum absolute atomic E-state index is 0.931. The van der Waals surface area contributed by atoms with Gasteiger partial charge in [-0.15, -0.1) is 21.5 Å². The van der Waals surface area contributed by atoms with Crippen LogP contribution in [0.4, 0.5) is 0 Å². The number of aromatic nitrogens is 3. The summed E-state index contributed by atoms with van der Waals surface area (Å²) in [4.78, 5) is 1.40. The molecule has 0 saturated heterocycles. The third kappa shape index (κ3) is 3.99. The maximum atomic E-state index is 4.26. The summed E-state index contributed by atoms with van der Waals surface area (Å²) >= 11 is 3.56. The lowest BCUT2D eigenvalue weighted by Crippen LogP contribution is -2.01. The zero-order chi connectivity index (χ0) is 15.4. The molecule has 0 radical (unpaired) electrons. The lowest BCUT2D eigenvalue weighted by molar-refractivity contribution is 0.637. The van der Waals surface area contributed by atoms with Crippen molar-refractivity contribution in [3.8, 4) is 0 Å². The molecule has 0 spiro atoms. The van der Waals surface area contributed by atoms with Crippen LogP contribution in [0.15, 0.2) is 47.2 Å². The summed E-state index contributed by atoms with van der Waals surface area (Å²) < 4.78 is 2.15. The molecule has 2 aromatic heterocycles. The van der Waals surface area contributed by atoms with Crippen molar-refractivity contribution < 1.29 is 0 Å². The summed E-state index contributed by atoms with van der Waals surface area (Å²) in [7, 11) is 0. The Balaban J connectivity index is 1.62. The van der Waals surface area contributed by atoms with Crippen molar-refractivity contribution in [3.63, 3.8) is 0 Å². The van der Waals surface area contributed by atoms with E-state index in [4.69, 9.17) is 0 Å². The lowest BCUT2D eigenvalue weighted by Gasteiger charge is -2.07. The molecule has 0 unspecified atom stereocenters. The van der Waals surface area contributed by atoms with Crippen LogP contribution in [0.1, 0.15) is 21.6 Å². The van der Waals surface area contributed by atoms with Gasteiger partial charge in [0, 0.05) is 17.2 Å². The van der Waals surface area contributed by atoms with Crippen molar-refractivity contribution in [2.24, 2.45) is 0 Å². The third-order valence-electron chi connectivity index (χ3n) is 3.41. The van der Waals surface area contributed by atoms with Crippen LogP contribution in [-0.4, -0.2) is 14.8 Å². The van der Waals surface area contributed by atoms with Crippen LogP contribution in [0.3, 0.4) is 0 Å². The largest absolute Gasteiger partial charge is 0.308 e. The number of hydrogen-bond donors (Lipinski definition) is 0. The Morgan fingerprint density at radius 1 is 1.18 bits per heavy atom. The minimum Gasteiger partial charge on any atom is -0.308 e. The van der Waals surface area contributed by atoms with Crippen LogP contribution in [0.2, 0.25) is 0 Å². The average Bonchev–Trinajstić information content (AvgIpc) is 3.13. The molecular weight excluding hydrogens is 310 g/mol. The van der Waals surface area contributed by atoms with Gasteiger partial charge in [-0.2, -0.15) is 0 Å². The molecular formula is C17H19N3S2. The predicted molar refractivity (Wildman–Crippen MR) is 93.5 cm³/mol. The van der Waals surface area contributed by atoms with Gasteiger partial charge in [0.05, 0.1) is 0 Å². The van der Waals surface area contributed by atoms with Gasteiger partial charge in [0.15, 0.2) is 5.16 Å². The number of thioether (sulfide) groups is 1. The molecule has 0 N–H and O–H groups in total. The van der Waals surface area contributed by atoms with Gasteiger partial charge < -0.3 is 4.57 Å². The molecule has 0 aliphatic carbocycles. The van der Waals surface area contributed by atoms with Crippen molar-refractivity contribution >= 4 is 23.1 Å². The Morgan fingerprint density at radius 2 is 2.00 bits per heavy atom. The summed E-state index contributed by atoms with van der Waals surface area (Å²) in [6.45, 7) is 5.22. The monoisotopic (exact) mass is 329 g/mol. The van der Waals surface area contributed by atoms with Crippen LogP contribution in [-0.2, 0) is 18.7 Å². The number of thiophene rings is 1. The molecule has 0 aliphatic heterocycles. The Kier molecular flexibility index (Phi) is 4.95. The van der Waals surface area contributed by atoms with Gasteiger partial charge in [0.2, 0.25) is 0 Å². The van der Waals surface area contributed by atoms with E-state index >= 15 is 0 Å². The van der Waals surface area contributed by atoms with E-state index in [2.05, 4.69) is 64.3 Å². The summed E-state index contributed by atoms with van der Waals surface area (Å²) in [5, 5.41) is 11.4. The highest BCUT2D eigenvalue weighted by atomic mass is 32.2. The standard InChI is InChI=1S/C17H19N3S2/c1-13-8-14(2)10-15(9-13)11-22-17-19-18-12-20(17)6-5-16-4-3-7-21-16/h3-4,7-10,12H,5-6,11H2,1-2H3. The van der Waals surface area contributed by atoms with E-state index < -0.39 is 0 Å². The molecule has 114 valence electrons. The first-order valence-corrected chi connectivity index (χ1v) is 9.17. The Morgan fingerprint density at radius 3 is 2.73 bits per heavy atom. The molecule has 0 bridgehead atoms. The highest BCUT2D eigenvalue weighted by Gasteiger charge is 2.06. The summed E-state index contributed by atoms with van der Waals surface area (Å²) in [5.41, 5.74) is 3.97. The first-order valence-electron chi connectivity index (χ1n) is 7.31. The van der Waals surface area contributed by atoms with Gasteiger partial charge in [0.25, 0.3) is 0 Å². The second-order valence-electron chi connectivity index (χ2n) is 5.42. The fourth-order valence-corrected chi connectivity index (χ4v) is 4.06. The first kappa shape index (κ1) is 15.3. The molecule has 22 heavy (non-hydrogen) atoms. The van der Waals surface area contributed by atoms with Crippen molar-refractivity contribution in [1.82, 2.24) is 14.8 Å². The fraction of sp³-hybridized carbons (Fsp3) is 0.294. The van der Waals surface area contributed by atoms with E-state index in [9.17, 15) is 0 Å². The number of benzene rings is 1. The molecule has 0 amide bonds. The zero-order valence-electron chi connectivity index (χ0n) is 12.8. The summed E-state index contributed by atoms with van der Waals surface area (Å²) in [6.07, 6.45) is 2.87. The van der Waals surface area contributed by atoms with Crippen LogP contribution in [0.5, 0.6) is 0 Å². The number of nitrogens with zero attached hydrogens (tertiary/aromatic N) is 3. The number of aryl methyl sites for hydroxylation is 4. The molecule has 3 aromatic rings. The van der Waals surface area contributed by atoms with Gasteiger partial charge in [-0.05, 0) is 37.3 Å². The Bertz CT molecular complexity index is 712. The highest BCUT2D eigenvalue weighted by Crippen LogP contribution is 2.22. The summed E-state index contributed by atoms with van der Waals surface area (Å²) in [5.74, 6) is 0.931. The SMILES string of the molecule is Cc1cc(C)cc(CSc2nncn2CCc2cccs2)c1. The number of hydrogen-bond acceptors (Lipinski definition) is 4. The van der Waals surface area contributed by atoms with Gasteiger partial charge in [-0.1, -0.05) is 47.2 Å². The maximum Gasteiger partial charge on any atom is 0.191 e. The molecule has 3 rings (SSSR count). The van der Waals surface area contributed by atoms with Crippen molar-refractivity contribution in [1.29, 1.82) is 0 Å². The van der Waals surface area contributed by atoms with Gasteiger partial charge in [-0.25, -0.2) is 0 Å². The molecule has 2 heterocycles. The normalized spacial score (nSPS) is 11.0. The van der Waals surface area contributed by atoms with E-state index in [0.717, 1.165) is 23.9 Å². The molecule has 0 saturated carbocycles. The predicted octanol–water partition coefficient (Wildman–Crippen LogP) is 4.49. The van der Waals surface area contributed by atoms with E-state index in [1.165, 1.54) is 21.6 Å².